The van der Waals surface area contributed by atoms with Crippen molar-refractivity contribution in [3.8, 4) is 11.3 Å². The molecule has 0 aliphatic carbocycles. The quantitative estimate of drug-likeness (QED) is 0.774. The lowest BCUT2D eigenvalue weighted by atomic mass is 10.1. The van der Waals surface area contributed by atoms with Crippen LogP contribution < -0.4 is 5.73 Å². The molecule has 3 heteroatoms. The summed E-state index contributed by atoms with van der Waals surface area (Å²) in [5.74, 6) is 0.819. The molecule has 2 rings (SSSR count). The molecule has 0 spiro atoms. The minimum absolute atomic E-state index is 0.727. The topological polar surface area (TPSA) is 39.2 Å². The third-order valence-corrected chi connectivity index (χ3v) is 2.17. The Morgan fingerprint density at radius 1 is 1.15 bits per heavy atom. The first-order valence-corrected chi connectivity index (χ1v) is 4.66. The number of hydrogen-bond donors (Lipinski definition) is 1. The maximum absolute atomic E-state index is 5.65. The van der Waals surface area contributed by atoms with E-state index in [4.69, 9.17) is 10.2 Å². The molecule has 0 saturated carbocycles. The Balaban J connectivity index is 2.46. The van der Waals surface area contributed by atoms with Crippen LogP contribution in [0.25, 0.3) is 11.3 Å². The van der Waals surface area contributed by atoms with Crippen molar-refractivity contribution in [3.63, 3.8) is 0 Å². The second-order valence-corrected chi connectivity index (χ2v) is 3.51. The maximum Gasteiger partial charge on any atom is 0.169 e. The van der Waals surface area contributed by atoms with Crippen LogP contribution in [0.1, 0.15) is 0 Å². The third kappa shape index (κ3) is 1.75. The van der Waals surface area contributed by atoms with Crippen molar-refractivity contribution in [2.24, 2.45) is 0 Å². The number of furan rings is 1. The molecule has 0 unspecified atom stereocenters. The van der Waals surface area contributed by atoms with Crippen LogP contribution in [0.15, 0.2) is 45.5 Å². The molecule has 2 N–H and O–H groups in total. The van der Waals surface area contributed by atoms with E-state index in [0.717, 1.165) is 21.7 Å². The number of anilines is 1. The van der Waals surface area contributed by atoms with E-state index in [9.17, 15) is 0 Å². The number of halogens is 1. The van der Waals surface area contributed by atoms with Crippen LogP contribution in [0, 0.1) is 0 Å². The van der Waals surface area contributed by atoms with Crippen molar-refractivity contribution in [1.29, 1.82) is 0 Å². The van der Waals surface area contributed by atoms with Crippen molar-refractivity contribution in [1.82, 2.24) is 0 Å². The minimum Gasteiger partial charge on any atom is -0.449 e. The predicted octanol–water partition coefficient (Wildman–Crippen LogP) is 3.29. The zero-order chi connectivity index (χ0) is 9.26. The van der Waals surface area contributed by atoms with Gasteiger partial charge in [-0.2, -0.15) is 0 Å². The van der Waals surface area contributed by atoms with Crippen LogP contribution in [-0.2, 0) is 0 Å². The summed E-state index contributed by atoms with van der Waals surface area (Å²) in [6.45, 7) is 0. The van der Waals surface area contributed by atoms with E-state index in [1.807, 2.05) is 36.4 Å². The van der Waals surface area contributed by atoms with Gasteiger partial charge in [-0.05, 0) is 40.2 Å². The Bertz CT molecular complexity index is 422. The number of nitrogens with two attached hydrogens (primary N) is 1. The molecule has 0 saturated heterocycles. The van der Waals surface area contributed by atoms with Crippen LogP contribution >= 0.6 is 15.9 Å². The monoisotopic (exact) mass is 237 g/mol. The SMILES string of the molecule is Nc1cccc(-c2ccc(Br)o2)c1. The van der Waals surface area contributed by atoms with Gasteiger partial charge in [-0.1, -0.05) is 12.1 Å². The Labute approximate surface area is 84.5 Å². The van der Waals surface area contributed by atoms with Crippen molar-refractivity contribution < 1.29 is 4.42 Å². The molecule has 0 bridgehead atoms. The van der Waals surface area contributed by atoms with E-state index in [0.29, 0.717) is 0 Å². The van der Waals surface area contributed by atoms with Crippen molar-refractivity contribution >= 4 is 21.6 Å². The smallest absolute Gasteiger partial charge is 0.169 e. The summed E-state index contributed by atoms with van der Waals surface area (Å²) in [5.41, 5.74) is 7.38. The predicted molar refractivity (Wildman–Crippen MR) is 56.3 cm³/mol. The fourth-order valence-electron chi connectivity index (χ4n) is 1.16. The summed E-state index contributed by atoms with van der Waals surface area (Å²) < 4.78 is 6.11. The lowest BCUT2D eigenvalue weighted by Crippen LogP contribution is -1.83. The fourth-order valence-corrected chi connectivity index (χ4v) is 1.47. The van der Waals surface area contributed by atoms with Gasteiger partial charge in [0, 0.05) is 11.3 Å². The summed E-state index contributed by atoms with van der Waals surface area (Å²) in [6, 6.07) is 11.4. The number of hydrogen-bond acceptors (Lipinski definition) is 2. The Morgan fingerprint density at radius 2 is 2.00 bits per heavy atom. The highest BCUT2D eigenvalue weighted by Crippen LogP contribution is 2.25. The molecule has 1 aromatic heterocycles. The second-order valence-electron chi connectivity index (χ2n) is 2.73. The first-order valence-electron chi connectivity index (χ1n) is 3.87. The van der Waals surface area contributed by atoms with Crippen LogP contribution in [0.3, 0.4) is 0 Å². The fraction of sp³-hybridized carbons (Fsp3) is 0. The number of benzene rings is 1. The molecular formula is C10H8BrNO. The third-order valence-electron chi connectivity index (χ3n) is 1.74. The molecule has 2 nitrogen and oxygen atoms in total. The van der Waals surface area contributed by atoms with Gasteiger partial charge in [0.2, 0.25) is 0 Å². The molecule has 0 atom stereocenters. The van der Waals surface area contributed by atoms with Gasteiger partial charge in [0.15, 0.2) is 4.67 Å². The lowest BCUT2D eigenvalue weighted by Gasteiger charge is -1.97. The molecule has 0 radical (unpaired) electrons. The van der Waals surface area contributed by atoms with Crippen molar-refractivity contribution in [3.05, 3.63) is 41.1 Å². The van der Waals surface area contributed by atoms with Gasteiger partial charge >= 0.3 is 0 Å². The van der Waals surface area contributed by atoms with Gasteiger partial charge in [0.05, 0.1) is 0 Å². The molecule has 1 aromatic carbocycles. The summed E-state index contributed by atoms with van der Waals surface area (Å²) >= 11 is 3.25. The molecule has 0 amide bonds. The molecule has 66 valence electrons. The standard InChI is InChI=1S/C10H8BrNO/c11-10-5-4-9(13-10)7-2-1-3-8(12)6-7/h1-6H,12H2. The molecule has 0 aliphatic heterocycles. The Kier molecular flexibility index (Phi) is 2.10. The van der Waals surface area contributed by atoms with E-state index in [2.05, 4.69) is 15.9 Å². The number of nitrogen functional groups attached to an aromatic ring is 1. The average molecular weight is 238 g/mol. The second kappa shape index (κ2) is 3.26. The van der Waals surface area contributed by atoms with E-state index in [1.165, 1.54) is 0 Å². The van der Waals surface area contributed by atoms with Crippen LogP contribution in [-0.4, -0.2) is 0 Å². The first-order chi connectivity index (χ1) is 6.25. The summed E-state index contributed by atoms with van der Waals surface area (Å²) in [6.07, 6.45) is 0. The van der Waals surface area contributed by atoms with Gasteiger partial charge in [0.1, 0.15) is 5.76 Å². The first kappa shape index (κ1) is 8.38. The molecule has 2 aromatic rings. The van der Waals surface area contributed by atoms with Gasteiger partial charge in [-0.25, -0.2) is 0 Å². The summed E-state index contributed by atoms with van der Waals surface area (Å²) in [5, 5.41) is 0. The highest BCUT2D eigenvalue weighted by molar-refractivity contribution is 9.10. The number of rotatable bonds is 1. The largest absolute Gasteiger partial charge is 0.449 e. The molecule has 13 heavy (non-hydrogen) atoms. The maximum atomic E-state index is 5.65. The van der Waals surface area contributed by atoms with Crippen molar-refractivity contribution in [2.45, 2.75) is 0 Å². The minimum atomic E-state index is 0.727. The van der Waals surface area contributed by atoms with Gasteiger partial charge in [0.25, 0.3) is 0 Å². The van der Waals surface area contributed by atoms with Crippen molar-refractivity contribution in [2.75, 3.05) is 5.73 Å². The molecular weight excluding hydrogens is 230 g/mol. The van der Waals surface area contributed by atoms with Gasteiger partial charge in [-0.15, -0.1) is 0 Å². The van der Waals surface area contributed by atoms with Crippen LogP contribution in [0.4, 0.5) is 5.69 Å². The zero-order valence-electron chi connectivity index (χ0n) is 6.83. The molecule has 0 aliphatic rings. The van der Waals surface area contributed by atoms with Crippen LogP contribution in [0.5, 0.6) is 0 Å². The normalized spacial score (nSPS) is 10.2. The summed E-state index contributed by atoms with van der Waals surface area (Å²) in [7, 11) is 0. The van der Waals surface area contributed by atoms with E-state index < -0.39 is 0 Å². The zero-order valence-corrected chi connectivity index (χ0v) is 8.41. The van der Waals surface area contributed by atoms with Crippen LogP contribution in [0.2, 0.25) is 0 Å². The molecule has 0 fully saturated rings. The highest BCUT2D eigenvalue weighted by atomic mass is 79.9. The van der Waals surface area contributed by atoms with Gasteiger partial charge < -0.3 is 10.2 Å². The average Bonchev–Trinajstić information content (AvgIpc) is 2.52. The lowest BCUT2D eigenvalue weighted by molar-refractivity contribution is 0.556. The van der Waals surface area contributed by atoms with E-state index in [1.54, 1.807) is 0 Å². The van der Waals surface area contributed by atoms with Gasteiger partial charge in [-0.3, -0.25) is 0 Å². The van der Waals surface area contributed by atoms with E-state index >= 15 is 0 Å². The summed E-state index contributed by atoms with van der Waals surface area (Å²) in [4.78, 5) is 0. The highest BCUT2D eigenvalue weighted by Gasteiger charge is 2.02. The Morgan fingerprint density at radius 3 is 2.62 bits per heavy atom. The van der Waals surface area contributed by atoms with E-state index in [-0.39, 0.29) is 0 Å². The Hall–Kier alpha value is -1.22. The molecule has 1 heterocycles.